The Morgan fingerprint density at radius 3 is 2.58 bits per heavy atom. The van der Waals surface area contributed by atoms with E-state index in [1.165, 1.54) is 0 Å². The van der Waals surface area contributed by atoms with Crippen molar-refractivity contribution >= 4 is 11.6 Å². The van der Waals surface area contributed by atoms with Crippen molar-refractivity contribution < 1.29 is 4.74 Å². The van der Waals surface area contributed by atoms with E-state index in [0.717, 1.165) is 23.8 Å². The van der Waals surface area contributed by atoms with Crippen molar-refractivity contribution in [2.24, 2.45) is 0 Å². The fourth-order valence-corrected chi connectivity index (χ4v) is 2.37. The molecule has 24 heavy (non-hydrogen) atoms. The molecule has 0 N–H and O–H groups in total. The number of tetrazole rings is 1. The van der Waals surface area contributed by atoms with Crippen molar-refractivity contribution in [2.45, 2.75) is 6.54 Å². The third-order valence-corrected chi connectivity index (χ3v) is 3.75. The predicted molar refractivity (Wildman–Crippen MR) is 92.4 cm³/mol. The van der Waals surface area contributed by atoms with Gasteiger partial charge in [0, 0.05) is 11.6 Å². The molecule has 0 saturated heterocycles. The second kappa shape index (κ2) is 7.90. The first-order chi connectivity index (χ1) is 11.7. The lowest BCUT2D eigenvalue weighted by atomic mass is 10.3. The molecule has 0 aliphatic heterocycles. The van der Waals surface area contributed by atoms with E-state index in [1.54, 1.807) is 4.68 Å². The predicted octanol–water partition coefficient (Wildman–Crippen LogP) is 2.83. The minimum Gasteiger partial charge on any atom is -0.492 e. The van der Waals surface area contributed by atoms with Gasteiger partial charge in [-0.15, -0.1) is 5.10 Å². The van der Waals surface area contributed by atoms with Crippen LogP contribution < -0.4 is 4.74 Å². The molecule has 3 aromatic rings. The monoisotopic (exact) mass is 343 g/mol. The fourth-order valence-electron chi connectivity index (χ4n) is 2.24. The Hall–Kier alpha value is -2.44. The standard InChI is InChI=1S/C17H18ClN5O/c1-22(11-12-24-16-9-7-14(18)8-10-16)13-17-19-20-21-23(17)15-5-3-2-4-6-15/h2-10H,11-13H2,1H3. The molecule has 0 amide bonds. The zero-order valence-corrected chi connectivity index (χ0v) is 14.1. The molecule has 124 valence electrons. The summed E-state index contributed by atoms with van der Waals surface area (Å²) >= 11 is 5.86. The Kier molecular flexibility index (Phi) is 5.40. The summed E-state index contributed by atoms with van der Waals surface area (Å²) in [6, 6.07) is 17.2. The molecular formula is C17H18ClN5O. The van der Waals surface area contributed by atoms with Gasteiger partial charge in [0.2, 0.25) is 0 Å². The van der Waals surface area contributed by atoms with Gasteiger partial charge in [-0.2, -0.15) is 4.68 Å². The van der Waals surface area contributed by atoms with Crippen LogP contribution in [0.1, 0.15) is 5.82 Å². The van der Waals surface area contributed by atoms with Crippen LogP contribution >= 0.6 is 11.6 Å². The first-order valence-electron chi connectivity index (χ1n) is 7.62. The summed E-state index contributed by atoms with van der Waals surface area (Å²) in [5, 5.41) is 12.7. The number of hydrogen-bond donors (Lipinski definition) is 0. The first kappa shape index (κ1) is 16.4. The largest absolute Gasteiger partial charge is 0.492 e. The SMILES string of the molecule is CN(CCOc1ccc(Cl)cc1)Cc1nnnn1-c1ccccc1. The quantitative estimate of drug-likeness (QED) is 0.660. The second-order valence-electron chi connectivity index (χ2n) is 5.38. The molecule has 6 nitrogen and oxygen atoms in total. The highest BCUT2D eigenvalue weighted by atomic mass is 35.5. The molecular weight excluding hydrogens is 326 g/mol. The number of para-hydroxylation sites is 1. The van der Waals surface area contributed by atoms with Crippen molar-refractivity contribution in [3.63, 3.8) is 0 Å². The van der Waals surface area contributed by atoms with Crippen molar-refractivity contribution in [1.29, 1.82) is 0 Å². The highest BCUT2D eigenvalue weighted by molar-refractivity contribution is 6.30. The number of ether oxygens (including phenoxy) is 1. The maximum Gasteiger partial charge on any atom is 0.170 e. The average Bonchev–Trinajstić information content (AvgIpc) is 3.05. The lowest BCUT2D eigenvalue weighted by Crippen LogP contribution is -2.25. The molecule has 0 spiro atoms. The molecule has 0 fully saturated rings. The maximum atomic E-state index is 5.86. The van der Waals surface area contributed by atoms with Crippen LogP contribution in [0.15, 0.2) is 54.6 Å². The van der Waals surface area contributed by atoms with Gasteiger partial charge < -0.3 is 4.74 Å². The van der Waals surface area contributed by atoms with E-state index >= 15 is 0 Å². The Balaban J connectivity index is 1.53. The van der Waals surface area contributed by atoms with Crippen LogP contribution in [0.5, 0.6) is 5.75 Å². The molecule has 0 unspecified atom stereocenters. The Morgan fingerprint density at radius 2 is 1.83 bits per heavy atom. The number of aromatic nitrogens is 4. The topological polar surface area (TPSA) is 56.1 Å². The van der Waals surface area contributed by atoms with Gasteiger partial charge in [0.15, 0.2) is 5.82 Å². The summed E-state index contributed by atoms with van der Waals surface area (Å²) < 4.78 is 7.45. The van der Waals surface area contributed by atoms with Gasteiger partial charge >= 0.3 is 0 Å². The zero-order chi connectivity index (χ0) is 16.8. The molecule has 2 aromatic carbocycles. The third kappa shape index (κ3) is 4.31. The molecule has 0 saturated carbocycles. The van der Waals surface area contributed by atoms with Crippen molar-refractivity contribution in [3.8, 4) is 11.4 Å². The first-order valence-corrected chi connectivity index (χ1v) is 8.00. The van der Waals surface area contributed by atoms with Gasteiger partial charge in [-0.3, -0.25) is 4.90 Å². The summed E-state index contributed by atoms with van der Waals surface area (Å²) in [4.78, 5) is 2.11. The maximum absolute atomic E-state index is 5.86. The third-order valence-electron chi connectivity index (χ3n) is 3.50. The van der Waals surface area contributed by atoms with E-state index < -0.39 is 0 Å². The number of nitrogens with zero attached hydrogens (tertiary/aromatic N) is 5. The van der Waals surface area contributed by atoms with Gasteiger partial charge in [-0.1, -0.05) is 29.8 Å². The minimum atomic E-state index is 0.574. The van der Waals surface area contributed by atoms with E-state index in [1.807, 2.05) is 61.6 Å². The normalized spacial score (nSPS) is 11.0. The van der Waals surface area contributed by atoms with Crippen molar-refractivity contribution in [1.82, 2.24) is 25.1 Å². The number of likely N-dealkylation sites (N-methyl/N-ethyl adjacent to an activating group) is 1. The van der Waals surface area contributed by atoms with Crippen LogP contribution in [0.25, 0.3) is 5.69 Å². The van der Waals surface area contributed by atoms with Crippen molar-refractivity contribution in [2.75, 3.05) is 20.2 Å². The molecule has 0 aliphatic carbocycles. The highest BCUT2D eigenvalue weighted by Gasteiger charge is 2.10. The molecule has 1 heterocycles. The van der Waals surface area contributed by atoms with E-state index in [-0.39, 0.29) is 0 Å². The average molecular weight is 344 g/mol. The summed E-state index contributed by atoms with van der Waals surface area (Å²) in [7, 11) is 2.01. The lowest BCUT2D eigenvalue weighted by molar-refractivity contribution is 0.228. The molecule has 0 atom stereocenters. The smallest absolute Gasteiger partial charge is 0.170 e. The summed E-state index contributed by atoms with van der Waals surface area (Å²) in [5.74, 6) is 1.59. The van der Waals surface area contributed by atoms with Gasteiger partial charge in [-0.25, -0.2) is 0 Å². The number of rotatable bonds is 7. The van der Waals surface area contributed by atoms with Gasteiger partial charge in [-0.05, 0) is 53.9 Å². The van der Waals surface area contributed by atoms with Crippen LogP contribution in [-0.4, -0.2) is 45.3 Å². The number of halogens is 1. The fraction of sp³-hybridized carbons (Fsp3) is 0.235. The Morgan fingerprint density at radius 1 is 1.08 bits per heavy atom. The van der Waals surface area contributed by atoms with Gasteiger partial charge in [0.05, 0.1) is 12.2 Å². The molecule has 0 radical (unpaired) electrons. The Labute approximate surface area is 145 Å². The Bertz CT molecular complexity index is 760. The zero-order valence-electron chi connectivity index (χ0n) is 13.3. The van der Waals surface area contributed by atoms with Gasteiger partial charge in [0.1, 0.15) is 12.4 Å². The minimum absolute atomic E-state index is 0.574. The van der Waals surface area contributed by atoms with E-state index in [4.69, 9.17) is 16.3 Å². The van der Waals surface area contributed by atoms with Crippen LogP contribution in [-0.2, 0) is 6.54 Å². The highest BCUT2D eigenvalue weighted by Crippen LogP contribution is 2.15. The number of hydrogen-bond acceptors (Lipinski definition) is 5. The molecule has 0 aliphatic rings. The van der Waals surface area contributed by atoms with Gasteiger partial charge in [0.25, 0.3) is 0 Å². The van der Waals surface area contributed by atoms with Crippen LogP contribution in [0.2, 0.25) is 5.02 Å². The van der Waals surface area contributed by atoms with Crippen LogP contribution in [0.3, 0.4) is 0 Å². The number of benzene rings is 2. The van der Waals surface area contributed by atoms with E-state index in [9.17, 15) is 0 Å². The molecule has 0 bridgehead atoms. The second-order valence-corrected chi connectivity index (χ2v) is 5.82. The van der Waals surface area contributed by atoms with E-state index in [2.05, 4.69) is 20.4 Å². The molecule has 1 aromatic heterocycles. The molecule has 7 heteroatoms. The van der Waals surface area contributed by atoms with Crippen LogP contribution in [0.4, 0.5) is 0 Å². The summed E-state index contributed by atoms with van der Waals surface area (Å²) in [5.41, 5.74) is 0.948. The van der Waals surface area contributed by atoms with Crippen molar-refractivity contribution in [3.05, 3.63) is 65.4 Å². The lowest BCUT2D eigenvalue weighted by Gasteiger charge is -2.16. The van der Waals surface area contributed by atoms with Crippen LogP contribution in [0, 0.1) is 0 Å². The van der Waals surface area contributed by atoms with E-state index in [0.29, 0.717) is 18.2 Å². The summed E-state index contributed by atoms with van der Waals surface area (Å²) in [6.07, 6.45) is 0. The summed E-state index contributed by atoms with van der Waals surface area (Å²) in [6.45, 7) is 1.96. The molecule has 3 rings (SSSR count).